The molecule has 0 spiro atoms. The van der Waals surface area contributed by atoms with Gasteiger partial charge in [0, 0.05) is 34.6 Å². The second-order valence-corrected chi connectivity index (χ2v) is 10.0. The van der Waals surface area contributed by atoms with Gasteiger partial charge in [0.05, 0.1) is 35.2 Å². The van der Waals surface area contributed by atoms with Crippen LogP contribution in [0, 0.1) is 0 Å². The minimum Gasteiger partial charge on any atom is -0.337 e. The van der Waals surface area contributed by atoms with Gasteiger partial charge < -0.3 is 14.8 Å². The van der Waals surface area contributed by atoms with E-state index in [0.717, 1.165) is 28.2 Å². The smallest absolute Gasteiger partial charge is 0.337 e. The average molecular weight is 588 g/mol. The number of nitrogens with one attached hydrogen (secondary N) is 1. The summed E-state index contributed by atoms with van der Waals surface area (Å²) in [6, 6.07) is 9.03. The number of anilines is 1. The van der Waals surface area contributed by atoms with E-state index in [0.29, 0.717) is 16.5 Å². The van der Waals surface area contributed by atoms with Crippen LogP contribution in [0.3, 0.4) is 0 Å². The lowest BCUT2D eigenvalue weighted by molar-refractivity contribution is -0.138. The third-order valence-corrected chi connectivity index (χ3v) is 7.23. The van der Waals surface area contributed by atoms with Crippen LogP contribution in [0.4, 0.5) is 23.2 Å². The third-order valence-electron chi connectivity index (χ3n) is 6.91. The summed E-state index contributed by atoms with van der Waals surface area (Å²) in [4.78, 5) is 39.9. The molecule has 1 saturated heterocycles. The molecule has 212 valence electrons. The zero-order chi connectivity index (χ0) is 29.5. The van der Waals surface area contributed by atoms with Crippen LogP contribution in [0.15, 0.2) is 61.1 Å². The lowest BCUT2D eigenvalue weighted by Gasteiger charge is -2.25. The van der Waals surface area contributed by atoms with Gasteiger partial charge >= 0.3 is 6.18 Å². The monoisotopic (exact) mass is 587 g/mol. The number of aromatic nitrogens is 3. The Hall–Kier alpha value is -4.32. The highest BCUT2D eigenvalue weighted by atomic mass is 35.5. The molecule has 1 aliphatic rings. The van der Waals surface area contributed by atoms with Crippen molar-refractivity contribution in [2.45, 2.75) is 38.3 Å². The first-order chi connectivity index (χ1) is 19.4. The molecule has 0 radical (unpaired) electrons. The zero-order valence-corrected chi connectivity index (χ0v) is 22.2. The van der Waals surface area contributed by atoms with Crippen molar-refractivity contribution < 1.29 is 31.9 Å². The normalized spacial score (nSPS) is 17.2. The predicted octanol–water partition coefficient (Wildman–Crippen LogP) is 5.55. The van der Waals surface area contributed by atoms with Crippen molar-refractivity contribution in [1.29, 1.82) is 0 Å². The molecule has 2 aromatic carbocycles. The number of Topliss-reactive ketones (excluding diaryl/α,β-unsaturated/α-hetero) is 1. The maximum Gasteiger partial charge on any atom is 0.419 e. The number of carbonyl (C=O) groups excluding carboxylic acids is 3. The van der Waals surface area contributed by atoms with E-state index in [2.05, 4.69) is 15.5 Å². The lowest BCUT2D eigenvalue weighted by atomic mass is 10.0. The Morgan fingerprint density at radius 1 is 1.10 bits per heavy atom. The second kappa shape index (κ2) is 10.9. The highest BCUT2D eigenvalue weighted by Gasteiger charge is 2.42. The van der Waals surface area contributed by atoms with Crippen LogP contribution < -0.4 is 5.32 Å². The number of benzene rings is 2. The summed E-state index contributed by atoms with van der Waals surface area (Å²) in [5.41, 5.74) is 0.632. The average Bonchev–Trinajstić information content (AvgIpc) is 3.49. The summed E-state index contributed by atoms with van der Waals surface area (Å²) in [5.74, 6) is -1.85. The van der Waals surface area contributed by atoms with Crippen LogP contribution >= 0.6 is 11.6 Å². The highest BCUT2D eigenvalue weighted by molar-refractivity contribution is 6.32. The number of hydrogen-bond acceptors (Lipinski definition) is 5. The van der Waals surface area contributed by atoms with Gasteiger partial charge in [-0.3, -0.25) is 14.4 Å². The van der Waals surface area contributed by atoms with Gasteiger partial charge in [0.1, 0.15) is 18.8 Å². The molecule has 2 atom stereocenters. The molecule has 1 fully saturated rings. The summed E-state index contributed by atoms with van der Waals surface area (Å²) >= 11 is 5.74. The number of alkyl halides is 4. The summed E-state index contributed by atoms with van der Waals surface area (Å²) in [7, 11) is 0. The van der Waals surface area contributed by atoms with E-state index in [1.165, 1.54) is 30.0 Å². The molecule has 3 heterocycles. The topological polar surface area (TPSA) is 97.2 Å². The summed E-state index contributed by atoms with van der Waals surface area (Å²) in [6.07, 6.45) is -2.17. The summed E-state index contributed by atoms with van der Waals surface area (Å²) in [6.45, 7) is 0.652. The molecule has 0 aliphatic carbocycles. The minimum atomic E-state index is -4.85. The SMILES string of the molecule is CC(=O)c1cn(CC(=O)N2CC(F)CC2C(=O)Nc2cccc(Cl)c2C(F)(F)F)c2ccc(-c3ccnnc3)cc12. The maximum absolute atomic E-state index is 14.5. The standard InChI is InChI=1S/C28H22ClF4N5O3/c1-15(39)20-13-37(23-6-5-16(9-19(20)23)17-7-8-34-35-11-17)14-25(40)38-12-18(30)10-24(38)27(41)36-22-4-2-3-21(29)26(22)28(31,32)33/h2-9,11,13,18,24H,10,12,14H2,1H3,(H,36,41). The van der Waals surface area contributed by atoms with Gasteiger partial charge in [-0.1, -0.05) is 23.7 Å². The molecule has 1 N–H and O–H groups in total. The predicted molar refractivity (Wildman–Crippen MR) is 143 cm³/mol. The van der Waals surface area contributed by atoms with E-state index in [1.807, 2.05) is 0 Å². The Morgan fingerprint density at radius 2 is 1.88 bits per heavy atom. The number of nitrogens with zero attached hydrogens (tertiary/aromatic N) is 4. The van der Waals surface area contributed by atoms with Gasteiger partial charge in [0.2, 0.25) is 11.8 Å². The molecule has 13 heteroatoms. The minimum absolute atomic E-state index is 0.240. The molecule has 0 saturated carbocycles. The summed E-state index contributed by atoms with van der Waals surface area (Å²) < 4.78 is 56.7. The molecule has 5 rings (SSSR count). The van der Waals surface area contributed by atoms with Crippen LogP contribution in [-0.4, -0.2) is 56.0 Å². The van der Waals surface area contributed by atoms with Crippen molar-refractivity contribution in [3.05, 3.63) is 77.2 Å². The van der Waals surface area contributed by atoms with Crippen molar-refractivity contribution >= 4 is 45.8 Å². The number of rotatable bonds is 6. The fraction of sp³-hybridized carbons (Fsp3) is 0.250. The molecule has 4 aromatic rings. The van der Waals surface area contributed by atoms with Crippen molar-refractivity contribution in [1.82, 2.24) is 19.7 Å². The van der Waals surface area contributed by atoms with Gasteiger partial charge in [-0.25, -0.2) is 4.39 Å². The maximum atomic E-state index is 14.5. The summed E-state index contributed by atoms with van der Waals surface area (Å²) in [5, 5.41) is 9.77. The first-order valence-corrected chi connectivity index (χ1v) is 12.8. The molecule has 2 amide bonds. The van der Waals surface area contributed by atoms with Crippen molar-refractivity contribution in [3.63, 3.8) is 0 Å². The largest absolute Gasteiger partial charge is 0.419 e. The van der Waals surface area contributed by atoms with E-state index in [-0.39, 0.29) is 18.7 Å². The van der Waals surface area contributed by atoms with E-state index < -0.39 is 53.0 Å². The van der Waals surface area contributed by atoms with Gasteiger partial charge in [-0.05, 0) is 42.8 Å². The van der Waals surface area contributed by atoms with Crippen molar-refractivity contribution in [3.8, 4) is 11.1 Å². The molecule has 2 aromatic heterocycles. The number of ketones is 1. The van der Waals surface area contributed by atoms with Crippen LogP contribution in [0.5, 0.6) is 0 Å². The Bertz CT molecular complexity index is 1660. The Kier molecular flexibility index (Phi) is 7.52. The van der Waals surface area contributed by atoms with Crippen LogP contribution in [0.2, 0.25) is 5.02 Å². The van der Waals surface area contributed by atoms with Crippen molar-refractivity contribution in [2.24, 2.45) is 0 Å². The fourth-order valence-corrected chi connectivity index (χ4v) is 5.31. The molecule has 41 heavy (non-hydrogen) atoms. The van der Waals surface area contributed by atoms with Gasteiger partial charge in [-0.15, -0.1) is 0 Å². The zero-order valence-electron chi connectivity index (χ0n) is 21.5. The number of hydrogen-bond donors (Lipinski definition) is 1. The first kappa shape index (κ1) is 28.2. The number of fused-ring (bicyclic) bond motifs is 1. The van der Waals surface area contributed by atoms with E-state index in [1.54, 1.807) is 30.5 Å². The third kappa shape index (κ3) is 5.64. The van der Waals surface area contributed by atoms with Crippen LogP contribution in [0.1, 0.15) is 29.3 Å². The van der Waals surface area contributed by atoms with Gasteiger partial charge in [-0.2, -0.15) is 23.4 Å². The number of halogens is 5. The van der Waals surface area contributed by atoms with Crippen LogP contribution in [0.25, 0.3) is 22.0 Å². The molecular formula is C28H22ClF4N5O3. The fourth-order valence-electron chi connectivity index (χ4n) is 5.03. The van der Waals surface area contributed by atoms with Crippen LogP contribution in [-0.2, 0) is 22.3 Å². The Morgan fingerprint density at radius 3 is 2.56 bits per heavy atom. The first-order valence-electron chi connectivity index (χ1n) is 12.4. The van der Waals surface area contributed by atoms with E-state index in [9.17, 15) is 31.9 Å². The van der Waals surface area contributed by atoms with Gasteiger partial charge in [0.25, 0.3) is 0 Å². The molecule has 1 aliphatic heterocycles. The second-order valence-electron chi connectivity index (χ2n) is 9.63. The molecular weight excluding hydrogens is 566 g/mol. The highest BCUT2D eigenvalue weighted by Crippen LogP contribution is 2.40. The van der Waals surface area contributed by atoms with E-state index >= 15 is 0 Å². The quantitative estimate of drug-likeness (QED) is 0.236. The Balaban J connectivity index is 1.41. The van der Waals surface area contributed by atoms with E-state index in [4.69, 9.17) is 11.6 Å². The Labute approximate surface area is 235 Å². The number of likely N-dealkylation sites (tertiary alicyclic amines) is 1. The molecule has 8 nitrogen and oxygen atoms in total. The van der Waals surface area contributed by atoms with Crippen molar-refractivity contribution in [2.75, 3.05) is 11.9 Å². The lowest BCUT2D eigenvalue weighted by Crippen LogP contribution is -2.44. The van der Waals surface area contributed by atoms with Gasteiger partial charge in [0.15, 0.2) is 5.78 Å². The number of amides is 2. The molecule has 2 unspecified atom stereocenters. The number of carbonyl (C=O) groups is 3. The molecule has 0 bridgehead atoms.